The van der Waals surface area contributed by atoms with E-state index in [0.717, 1.165) is 43.5 Å². The van der Waals surface area contributed by atoms with E-state index in [0.29, 0.717) is 10.4 Å². The van der Waals surface area contributed by atoms with Gasteiger partial charge in [-0.05, 0) is 56.0 Å². The van der Waals surface area contributed by atoms with Crippen molar-refractivity contribution < 1.29 is 26.4 Å². The summed E-state index contributed by atoms with van der Waals surface area (Å²) in [6, 6.07) is 11.1. The van der Waals surface area contributed by atoms with Crippen LogP contribution in [0.1, 0.15) is 31.2 Å². The first-order valence-corrected chi connectivity index (χ1v) is 10.7. The number of nitrogens with one attached hydrogen (secondary N) is 1. The molecule has 30 heavy (non-hydrogen) atoms. The molecule has 0 radical (unpaired) electrons. The van der Waals surface area contributed by atoms with Crippen LogP contribution in [-0.2, 0) is 21.0 Å². The van der Waals surface area contributed by atoms with Crippen LogP contribution in [0, 0.1) is 0 Å². The molecule has 1 fully saturated rings. The summed E-state index contributed by atoms with van der Waals surface area (Å²) in [6.45, 7) is -0.713. The van der Waals surface area contributed by atoms with Crippen molar-refractivity contribution in [3.8, 4) is 0 Å². The quantitative estimate of drug-likeness (QED) is 0.693. The zero-order valence-electron chi connectivity index (χ0n) is 15.9. The van der Waals surface area contributed by atoms with Crippen LogP contribution in [0.15, 0.2) is 64.6 Å². The second kappa shape index (κ2) is 8.86. The van der Waals surface area contributed by atoms with Crippen LogP contribution < -0.4 is 9.73 Å². The Hall–Kier alpha value is -2.88. The first-order valence-electron chi connectivity index (χ1n) is 9.27. The minimum atomic E-state index is -4.66. The average molecular weight is 439 g/mol. The summed E-state index contributed by atoms with van der Waals surface area (Å²) in [4.78, 5) is 12.3. The lowest BCUT2D eigenvalue weighted by Crippen LogP contribution is -2.39. The number of hydrazone groups is 1. The lowest BCUT2D eigenvalue weighted by Gasteiger charge is -2.24. The smallest absolute Gasteiger partial charge is 0.271 e. The van der Waals surface area contributed by atoms with Gasteiger partial charge >= 0.3 is 6.18 Å². The summed E-state index contributed by atoms with van der Waals surface area (Å²) in [5.41, 5.74) is 1.84. The van der Waals surface area contributed by atoms with Gasteiger partial charge in [0.2, 0.25) is 0 Å². The number of nitrogens with zero attached hydrogens (tertiary/aromatic N) is 2. The van der Waals surface area contributed by atoms with Crippen molar-refractivity contribution >= 4 is 27.3 Å². The monoisotopic (exact) mass is 439 g/mol. The Morgan fingerprint density at radius 3 is 2.33 bits per heavy atom. The molecule has 0 spiro atoms. The molecule has 1 aliphatic rings. The van der Waals surface area contributed by atoms with E-state index < -0.39 is 34.2 Å². The highest BCUT2D eigenvalue weighted by molar-refractivity contribution is 7.92. The maximum absolute atomic E-state index is 13.1. The SMILES string of the molecule is O=C(CN(c1cccc(C(F)(F)F)c1)S(=O)(=O)c1ccccc1)NN=C1CCCC1. The summed E-state index contributed by atoms with van der Waals surface area (Å²) in [6.07, 6.45) is -1.23. The topological polar surface area (TPSA) is 78.8 Å². The summed E-state index contributed by atoms with van der Waals surface area (Å²) >= 11 is 0. The molecule has 0 unspecified atom stereocenters. The Morgan fingerprint density at radius 2 is 1.70 bits per heavy atom. The molecular formula is C20H20F3N3O3S. The molecule has 1 saturated carbocycles. The molecule has 2 aromatic carbocycles. The zero-order chi connectivity index (χ0) is 21.8. The molecule has 0 aliphatic heterocycles. The number of benzene rings is 2. The average Bonchev–Trinajstić information content (AvgIpc) is 3.24. The highest BCUT2D eigenvalue weighted by Gasteiger charge is 2.33. The third-order valence-electron chi connectivity index (χ3n) is 4.60. The number of carbonyl (C=O) groups excluding carboxylic acids is 1. The van der Waals surface area contributed by atoms with Crippen LogP contribution in [0.5, 0.6) is 0 Å². The van der Waals surface area contributed by atoms with Crippen molar-refractivity contribution in [2.75, 3.05) is 10.8 Å². The van der Waals surface area contributed by atoms with Crippen molar-refractivity contribution in [2.45, 2.75) is 36.8 Å². The van der Waals surface area contributed by atoms with Gasteiger partial charge in [0.15, 0.2) is 0 Å². The largest absolute Gasteiger partial charge is 0.416 e. The van der Waals surface area contributed by atoms with Gasteiger partial charge in [0.1, 0.15) is 6.54 Å². The number of rotatable bonds is 6. The van der Waals surface area contributed by atoms with Gasteiger partial charge in [-0.25, -0.2) is 13.8 Å². The van der Waals surface area contributed by atoms with E-state index in [1.807, 2.05) is 0 Å². The van der Waals surface area contributed by atoms with Gasteiger partial charge in [-0.1, -0.05) is 24.3 Å². The predicted octanol–water partition coefficient (Wildman–Crippen LogP) is 3.95. The molecule has 0 aromatic heterocycles. The van der Waals surface area contributed by atoms with E-state index in [1.54, 1.807) is 6.07 Å². The fourth-order valence-corrected chi connectivity index (χ4v) is 4.51. The van der Waals surface area contributed by atoms with Gasteiger partial charge in [-0.15, -0.1) is 0 Å². The molecule has 3 rings (SSSR count). The van der Waals surface area contributed by atoms with Gasteiger partial charge in [-0.2, -0.15) is 18.3 Å². The Kier molecular flexibility index (Phi) is 6.45. The first-order chi connectivity index (χ1) is 14.2. The number of anilines is 1. The van der Waals surface area contributed by atoms with Crippen LogP contribution >= 0.6 is 0 Å². The lowest BCUT2D eigenvalue weighted by molar-refractivity contribution is -0.137. The molecule has 1 aliphatic carbocycles. The highest BCUT2D eigenvalue weighted by atomic mass is 32.2. The Balaban J connectivity index is 1.95. The van der Waals surface area contributed by atoms with Crippen LogP contribution in [0.2, 0.25) is 0 Å². The van der Waals surface area contributed by atoms with Crippen molar-refractivity contribution in [1.29, 1.82) is 0 Å². The van der Waals surface area contributed by atoms with E-state index in [9.17, 15) is 26.4 Å². The van der Waals surface area contributed by atoms with Crippen LogP contribution in [0.3, 0.4) is 0 Å². The Labute approximate surface area is 172 Å². The number of halogens is 3. The normalized spacial score (nSPS) is 14.4. The minimum absolute atomic E-state index is 0.141. The number of carbonyl (C=O) groups is 1. The van der Waals surface area contributed by atoms with E-state index in [2.05, 4.69) is 10.5 Å². The van der Waals surface area contributed by atoms with Crippen molar-refractivity contribution in [3.05, 3.63) is 60.2 Å². The third kappa shape index (κ3) is 5.18. The molecule has 1 N–H and O–H groups in total. The molecule has 10 heteroatoms. The highest BCUT2D eigenvalue weighted by Crippen LogP contribution is 2.33. The van der Waals surface area contributed by atoms with E-state index in [4.69, 9.17) is 0 Å². The number of sulfonamides is 1. The molecule has 160 valence electrons. The zero-order valence-corrected chi connectivity index (χ0v) is 16.7. The number of alkyl halides is 3. The second-order valence-electron chi connectivity index (χ2n) is 6.79. The summed E-state index contributed by atoms with van der Waals surface area (Å²) in [5, 5.41) is 4.00. The van der Waals surface area contributed by atoms with Gasteiger partial charge in [0.05, 0.1) is 16.1 Å². The molecule has 2 aromatic rings. The van der Waals surface area contributed by atoms with E-state index in [1.165, 1.54) is 30.3 Å². The minimum Gasteiger partial charge on any atom is -0.271 e. The number of hydrogen-bond acceptors (Lipinski definition) is 4. The standard InChI is InChI=1S/C20H20F3N3O3S/c21-20(22,23)15-7-6-10-17(13-15)26(30(28,29)18-11-2-1-3-12-18)14-19(27)25-24-16-8-4-5-9-16/h1-3,6-7,10-13H,4-5,8-9,14H2,(H,25,27). The molecule has 0 atom stereocenters. The molecule has 6 nitrogen and oxygen atoms in total. The van der Waals surface area contributed by atoms with Crippen LogP contribution in [0.25, 0.3) is 0 Å². The predicted molar refractivity (Wildman–Crippen MR) is 106 cm³/mol. The molecule has 0 bridgehead atoms. The van der Waals surface area contributed by atoms with Gasteiger partial charge in [0.25, 0.3) is 15.9 Å². The first kappa shape index (κ1) is 21.8. The maximum Gasteiger partial charge on any atom is 0.416 e. The fraction of sp³-hybridized carbons (Fsp3) is 0.300. The van der Waals surface area contributed by atoms with Gasteiger partial charge in [-0.3, -0.25) is 9.10 Å². The molecule has 1 amide bonds. The van der Waals surface area contributed by atoms with Gasteiger partial charge in [0, 0.05) is 5.71 Å². The Morgan fingerprint density at radius 1 is 1.03 bits per heavy atom. The number of hydrogen-bond donors (Lipinski definition) is 1. The Bertz CT molecular complexity index is 1030. The molecule has 0 heterocycles. The van der Waals surface area contributed by atoms with Crippen molar-refractivity contribution in [3.63, 3.8) is 0 Å². The van der Waals surface area contributed by atoms with Gasteiger partial charge < -0.3 is 0 Å². The van der Waals surface area contributed by atoms with Crippen molar-refractivity contribution in [2.24, 2.45) is 5.10 Å². The maximum atomic E-state index is 13.1. The number of amides is 1. The molecular weight excluding hydrogens is 419 g/mol. The second-order valence-corrected chi connectivity index (χ2v) is 8.66. The fourth-order valence-electron chi connectivity index (χ4n) is 3.07. The van der Waals surface area contributed by atoms with Crippen molar-refractivity contribution in [1.82, 2.24) is 5.43 Å². The van der Waals surface area contributed by atoms with Crippen LogP contribution in [0.4, 0.5) is 18.9 Å². The third-order valence-corrected chi connectivity index (χ3v) is 6.39. The molecule has 0 saturated heterocycles. The summed E-state index contributed by atoms with van der Waals surface area (Å²) in [7, 11) is -4.29. The summed E-state index contributed by atoms with van der Waals surface area (Å²) in [5.74, 6) is -0.744. The van der Waals surface area contributed by atoms with Crippen LogP contribution in [-0.4, -0.2) is 26.6 Å². The van der Waals surface area contributed by atoms with E-state index in [-0.39, 0.29) is 10.6 Å². The summed E-state index contributed by atoms with van der Waals surface area (Å²) < 4.78 is 66.3. The lowest BCUT2D eigenvalue weighted by atomic mass is 10.2. The van der Waals surface area contributed by atoms with E-state index >= 15 is 0 Å².